The summed E-state index contributed by atoms with van der Waals surface area (Å²) in [5.74, 6) is -1.44. The number of nitrogens with one attached hydrogen (secondary N) is 2. The van der Waals surface area contributed by atoms with Crippen molar-refractivity contribution in [3.8, 4) is 17.2 Å². The second-order valence-corrected chi connectivity index (χ2v) is 6.82. The normalized spacial score (nSPS) is 18.0. The Hall–Kier alpha value is -3.41. The van der Waals surface area contributed by atoms with Gasteiger partial charge in [-0.1, -0.05) is 12.1 Å². The maximum Gasteiger partial charge on any atom is 0.326 e. The summed E-state index contributed by atoms with van der Waals surface area (Å²) in [5, 5.41) is 24.8. The van der Waals surface area contributed by atoms with E-state index >= 15 is 8.78 Å². The molecule has 1 saturated heterocycles. The summed E-state index contributed by atoms with van der Waals surface area (Å²) < 4.78 is 43.6. The number of amidine groups is 1. The van der Waals surface area contributed by atoms with Gasteiger partial charge in [0.2, 0.25) is 5.95 Å². The standard InChI is InChI=1S/C20H19F3N6/c1-28(12-25)19(26)13-7-8-29(20(22,23)9-13)18-14(10-24)3-2-4-16(18)15-5-6-17(21)27-11-15/h2-6,11-13,25-26H,7-9H2,1H3. The molecule has 9 heteroatoms. The Morgan fingerprint density at radius 1 is 1.38 bits per heavy atom. The molecule has 1 aromatic carbocycles. The third-order valence-electron chi connectivity index (χ3n) is 5.01. The number of anilines is 1. The van der Waals surface area contributed by atoms with Gasteiger partial charge in [0.15, 0.2) is 0 Å². The van der Waals surface area contributed by atoms with Crippen LogP contribution in [0.25, 0.3) is 11.1 Å². The van der Waals surface area contributed by atoms with Crippen molar-refractivity contribution in [3.05, 3.63) is 48.0 Å². The van der Waals surface area contributed by atoms with Crippen LogP contribution in [0.15, 0.2) is 36.5 Å². The Bertz CT molecular complexity index is 967. The molecule has 0 aliphatic carbocycles. The number of para-hydroxylation sites is 1. The Labute approximate surface area is 166 Å². The molecule has 0 radical (unpaired) electrons. The molecule has 2 aromatic rings. The molecule has 1 aliphatic heterocycles. The predicted octanol–water partition coefficient (Wildman–Crippen LogP) is 4.08. The summed E-state index contributed by atoms with van der Waals surface area (Å²) in [5.41, 5.74) is 0.935. The molecule has 1 unspecified atom stereocenters. The lowest BCUT2D eigenvalue weighted by Gasteiger charge is -2.42. The van der Waals surface area contributed by atoms with Gasteiger partial charge in [0.05, 0.1) is 17.6 Å². The molecule has 0 spiro atoms. The van der Waals surface area contributed by atoms with Gasteiger partial charge in [-0.3, -0.25) is 10.8 Å². The molecule has 1 atom stereocenters. The van der Waals surface area contributed by atoms with E-state index in [-0.39, 0.29) is 30.1 Å². The van der Waals surface area contributed by atoms with Crippen LogP contribution in [0.3, 0.4) is 0 Å². The topological polar surface area (TPSA) is 90.9 Å². The first-order valence-corrected chi connectivity index (χ1v) is 8.91. The minimum Gasteiger partial charge on any atom is -0.325 e. The molecule has 29 heavy (non-hydrogen) atoms. The first-order valence-electron chi connectivity index (χ1n) is 8.91. The molecule has 1 aromatic heterocycles. The molecule has 1 aliphatic rings. The summed E-state index contributed by atoms with van der Waals surface area (Å²) in [6, 6.07) is 5.86. The van der Waals surface area contributed by atoms with Crippen molar-refractivity contribution < 1.29 is 13.2 Å². The fourth-order valence-corrected chi connectivity index (χ4v) is 3.52. The minimum atomic E-state index is -3.31. The van der Waals surface area contributed by atoms with Crippen LogP contribution in [0.2, 0.25) is 0 Å². The number of hydrogen-bond donors (Lipinski definition) is 2. The predicted molar refractivity (Wildman–Crippen MR) is 104 cm³/mol. The SMILES string of the molecule is CN(C=N)C(=N)C1CCN(c2c(C#N)cccc2-c2ccc(F)nc2)C(F)(F)C1. The highest BCUT2D eigenvalue weighted by atomic mass is 19.3. The molecule has 6 nitrogen and oxygen atoms in total. The summed E-state index contributed by atoms with van der Waals surface area (Å²) in [7, 11) is 1.48. The summed E-state index contributed by atoms with van der Waals surface area (Å²) in [4.78, 5) is 5.68. The van der Waals surface area contributed by atoms with E-state index in [2.05, 4.69) is 4.98 Å². The minimum absolute atomic E-state index is 0.0455. The van der Waals surface area contributed by atoms with Crippen molar-refractivity contribution in [1.82, 2.24) is 9.88 Å². The van der Waals surface area contributed by atoms with Crippen molar-refractivity contribution in [2.24, 2.45) is 5.92 Å². The number of hydrogen-bond acceptors (Lipinski definition) is 5. The Balaban J connectivity index is 2.02. The van der Waals surface area contributed by atoms with Gasteiger partial charge in [-0.05, 0) is 24.6 Å². The van der Waals surface area contributed by atoms with Gasteiger partial charge in [-0.2, -0.15) is 18.4 Å². The zero-order valence-corrected chi connectivity index (χ0v) is 15.7. The van der Waals surface area contributed by atoms with Gasteiger partial charge in [0.1, 0.15) is 11.9 Å². The summed E-state index contributed by atoms with van der Waals surface area (Å²) in [6.45, 7) is -0.0772. The van der Waals surface area contributed by atoms with Gasteiger partial charge in [0, 0.05) is 43.3 Å². The highest BCUT2D eigenvalue weighted by molar-refractivity contribution is 5.91. The average molecular weight is 400 g/mol. The van der Waals surface area contributed by atoms with E-state index < -0.39 is 24.3 Å². The second-order valence-electron chi connectivity index (χ2n) is 6.82. The molecule has 2 N–H and O–H groups in total. The van der Waals surface area contributed by atoms with Crippen molar-refractivity contribution >= 4 is 17.9 Å². The van der Waals surface area contributed by atoms with Gasteiger partial charge in [0.25, 0.3) is 0 Å². The van der Waals surface area contributed by atoms with Crippen LogP contribution in [0, 0.1) is 34.0 Å². The molecular weight excluding hydrogens is 381 g/mol. The Morgan fingerprint density at radius 3 is 2.72 bits per heavy atom. The first kappa shape index (κ1) is 20.3. The Morgan fingerprint density at radius 2 is 2.14 bits per heavy atom. The maximum atomic E-state index is 15.2. The average Bonchev–Trinajstić information content (AvgIpc) is 2.72. The number of rotatable bonds is 4. The molecule has 0 bridgehead atoms. The number of nitrogens with zero attached hydrogens (tertiary/aromatic N) is 4. The van der Waals surface area contributed by atoms with E-state index in [1.54, 1.807) is 12.1 Å². The van der Waals surface area contributed by atoms with Crippen LogP contribution in [-0.4, -0.2) is 41.7 Å². The van der Waals surface area contributed by atoms with Crippen LogP contribution in [0.4, 0.5) is 18.9 Å². The molecule has 3 rings (SSSR count). The van der Waals surface area contributed by atoms with Gasteiger partial charge in [-0.25, -0.2) is 4.98 Å². The van der Waals surface area contributed by atoms with Crippen molar-refractivity contribution in [3.63, 3.8) is 0 Å². The van der Waals surface area contributed by atoms with Crippen LogP contribution < -0.4 is 4.90 Å². The first-order chi connectivity index (χ1) is 13.8. The zero-order chi connectivity index (χ0) is 21.2. The lowest BCUT2D eigenvalue weighted by Crippen LogP contribution is -2.51. The summed E-state index contributed by atoms with van der Waals surface area (Å²) in [6.07, 6.45) is 1.82. The zero-order valence-electron chi connectivity index (χ0n) is 15.7. The molecule has 150 valence electrons. The number of pyridine rings is 1. The van der Waals surface area contributed by atoms with Gasteiger partial charge >= 0.3 is 6.05 Å². The van der Waals surface area contributed by atoms with E-state index in [4.69, 9.17) is 10.8 Å². The number of halogens is 3. The largest absolute Gasteiger partial charge is 0.326 e. The number of alkyl halides is 2. The second kappa shape index (κ2) is 7.91. The van der Waals surface area contributed by atoms with Crippen LogP contribution >= 0.6 is 0 Å². The van der Waals surface area contributed by atoms with E-state index in [1.165, 1.54) is 30.3 Å². The number of aromatic nitrogens is 1. The number of nitriles is 1. The lowest BCUT2D eigenvalue weighted by molar-refractivity contribution is -0.0344. The van der Waals surface area contributed by atoms with Crippen molar-refractivity contribution in [2.75, 3.05) is 18.5 Å². The quantitative estimate of drug-likeness (QED) is 0.350. The smallest absolute Gasteiger partial charge is 0.325 e. The van der Waals surface area contributed by atoms with Gasteiger partial charge < -0.3 is 9.80 Å². The molecule has 1 fully saturated rings. The summed E-state index contributed by atoms with van der Waals surface area (Å²) >= 11 is 0. The monoisotopic (exact) mass is 400 g/mol. The van der Waals surface area contributed by atoms with Crippen LogP contribution in [0.5, 0.6) is 0 Å². The van der Waals surface area contributed by atoms with Crippen LogP contribution in [0.1, 0.15) is 18.4 Å². The third kappa shape index (κ3) is 3.92. The highest BCUT2D eigenvalue weighted by Gasteiger charge is 2.46. The van der Waals surface area contributed by atoms with Crippen molar-refractivity contribution in [2.45, 2.75) is 18.9 Å². The molecule has 0 saturated carbocycles. The Kier molecular flexibility index (Phi) is 5.55. The van der Waals surface area contributed by atoms with Crippen LogP contribution in [-0.2, 0) is 0 Å². The van der Waals surface area contributed by atoms with Gasteiger partial charge in [-0.15, -0.1) is 0 Å². The molecular formula is C20H19F3N6. The highest BCUT2D eigenvalue weighted by Crippen LogP contribution is 2.44. The lowest BCUT2D eigenvalue weighted by atomic mass is 9.91. The third-order valence-corrected chi connectivity index (χ3v) is 5.01. The fraction of sp³-hybridized carbons (Fsp3) is 0.300. The molecule has 0 amide bonds. The number of benzene rings is 1. The van der Waals surface area contributed by atoms with E-state index in [0.717, 1.165) is 17.3 Å². The number of piperidine rings is 1. The molecule has 2 heterocycles. The van der Waals surface area contributed by atoms with E-state index in [1.807, 2.05) is 6.07 Å². The van der Waals surface area contributed by atoms with E-state index in [0.29, 0.717) is 11.1 Å². The van der Waals surface area contributed by atoms with Crippen molar-refractivity contribution in [1.29, 1.82) is 16.1 Å². The van der Waals surface area contributed by atoms with E-state index in [9.17, 15) is 9.65 Å². The fourth-order valence-electron chi connectivity index (χ4n) is 3.52. The maximum absolute atomic E-state index is 15.2.